The number of hydrogen-bond donors (Lipinski definition) is 2. The van der Waals surface area contributed by atoms with Gasteiger partial charge in [-0.2, -0.15) is 0 Å². The zero-order chi connectivity index (χ0) is 12.1. The van der Waals surface area contributed by atoms with E-state index in [0.717, 1.165) is 5.76 Å². The summed E-state index contributed by atoms with van der Waals surface area (Å²) >= 11 is 0. The lowest BCUT2D eigenvalue weighted by atomic mass is 10.1. The van der Waals surface area contributed by atoms with E-state index in [1.165, 1.54) is 5.56 Å². The molecule has 0 unspecified atom stereocenters. The third-order valence-electron chi connectivity index (χ3n) is 2.76. The van der Waals surface area contributed by atoms with Gasteiger partial charge < -0.3 is 14.8 Å². The van der Waals surface area contributed by atoms with E-state index in [-0.39, 0.29) is 12.6 Å². The Morgan fingerprint density at radius 2 is 1.82 bits per heavy atom. The summed E-state index contributed by atoms with van der Waals surface area (Å²) in [5.41, 5.74) is 1.25. The number of furan rings is 1. The van der Waals surface area contributed by atoms with Crippen molar-refractivity contribution in [2.24, 2.45) is 0 Å². The molecule has 3 heteroatoms. The van der Waals surface area contributed by atoms with Crippen LogP contribution in [0, 0.1) is 0 Å². The quantitative estimate of drug-likeness (QED) is 0.831. The Labute approximate surface area is 101 Å². The fraction of sp³-hybridized carbons (Fsp3) is 0.286. The van der Waals surface area contributed by atoms with E-state index in [0.29, 0.717) is 12.3 Å². The molecule has 90 valence electrons. The van der Waals surface area contributed by atoms with Gasteiger partial charge in [0, 0.05) is 6.04 Å². The number of hydrogen-bond acceptors (Lipinski definition) is 3. The standard InChI is InChI=1S/C14H17NO2/c1-11(12-5-3-2-4-6-12)15-9-13-7-8-14(10-16)17-13/h2-8,11,15-16H,9-10H2,1H3/t11-/m0/s1. The van der Waals surface area contributed by atoms with E-state index in [1.807, 2.05) is 24.3 Å². The van der Waals surface area contributed by atoms with Gasteiger partial charge in [0.2, 0.25) is 0 Å². The third-order valence-corrected chi connectivity index (χ3v) is 2.76. The summed E-state index contributed by atoms with van der Waals surface area (Å²) in [5.74, 6) is 1.45. The molecule has 2 rings (SSSR count). The average molecular weight is 231 g/mol. The van der Waals surface area contributed by atoms with E-state index in [2.05, 4.69) is 24.4 Å². The van der Waals surface area contributed by atoms with Crippen molar-refractivity contribution in [1.82, 2.24) is 5.32 Å². The van der Waals surface area contributed by atoms with Gasteiger partial charge in [0.05, 0.1) is 6.54 Å². The zero-order valence-corrected chi connectivity index (χ0v) is 9.89. The van der Waals surface area contributed by atoms with E-state index in [9.17, 15) is 0 Å². The van der Waals surface area contributed by atoms with Crippen molar-refractivity contribution in [3.8, 4) is 0 Å². The molecule has 0 amide bonds. The molecule has 0 spiro atoms. The normalized spacial score (nSPS) is 12.6. The van der Waals surface area contributed by atoms with Gasteiger partial charge in [0.15, 0.2) is 0 Å². The highest BCUT2D eigenvalue weighted by Crippen LogP contribution is 2.13. The van der Waals surface area contributed by atoms with E-state index in [1.54, 1.807) is 6.07 Å². The molecule has 0 bridgehead atoms. The molecule has 0 aliphatic carbocycles. The Morgan fingerprint density at radius 1 is 1.12 bits per heavy atom. The van der Waals surface area contributed by atoms with Crippen LogP contribution in [0.1, 0.15) is 30.0 Å². The minimum atomic E-state index is -0.0474. The van der Waals surface area contributed by atoms with Crippen LogP contribution >= 0.6 is 0 Å². The second-order valence-corrected chi connectivity index (χ2v) is 4.04. The first-order valence-corrected chi connectivity index (χ1v) is 5.76. The highest BCUT2D eigenvalue weighted by Gasteiger charge is 2.06. The van der Waals surface area contributed by atoms with Gasteiger partial charge in [-0.25, -0.2) is 0 Å². The summed E-state index contributed by atoms with van der Waals surface area (Å²) in [5, 5.41) is 12.3. The van der Waals surface area contributed by atoms with Gasteiger partial charge in [-0.05, 0) is 24.6 Å². The minimum Gasteiger partial charge on any atom is -0.462 e. The van der Waals surface area contributed by atoms with Crippen LogP contribution in [0.2, 0.25) is 0 Å². The van der Waals surface area contributed by atoms with Crippen molar-refractivity contribution in [2.75, 3.05) is 0 Å². The molecule has 2 aromatic rings. The molecule has 17 heavy (non-hydrogen) atoms. The van der Waals surface area contributed by atoms with Crippen LogP contribution < -0.4 is 5.32 Å². The van der Waals surface area contributed by atoms with Crippen LogP contribution in [-0.2, 0) is 13.2 Å². The summed E-state index contributed by atoms with van der Waals surface area (Å²) in [7, 11) is 0. The van der Waals surface area contributed by atoms with Crippen molar-refractivity contribution in [3.63, 3.8) is 0 Å². The topological polar surface area (TPSA) is 45.4 Å². The van der Waals surface area contributed by atoms with E-state index < -0.39 is 0 Å². The monoisotopic (exact) mass is 231 g/mol. The Morgan fingerprint density at radius 3 is 2.47 bits per heavy atom. The first-order valence-electron chi connectivity index (χ1n) is 5.76. The second-order valence-electron chi connectivity index (χ2n) is 4.04. The molecular weight excluding hydrogens is 214 g/mol. The van der Waals surface area contributed by atoms with Gasteiger partial charge in [0.1, 0.15) is 18.1 Å². The summed E-state index contributed by atoms with van der Waals surface area (Å²) in [4.78, 5) is 0. The van der Waals surface area contributed by atoms with Crippen molar-refractivity contribution >= 4 is 0 Å². The molecule has 0 fully saturated rings. The molecule has 0 saturated heterocycles. The van der Waals surface area contributed by atoms with Gasteiger partial charge in [-0.1, -0.05) is 30.3 Å². The number of benzene rings is 1. The number of nitrogens with one attached hydrogen (secondary N) is 1. The maximum Gasteiger partial charge on any atom is 0.129 e. The van der Waals surface area contributed by atoms with Crippen LogP contribution in [0.25, 0.3) is 0 Å². The predicted molar refractivity (Wildman–Crippen MR) is 66.3 cm³/mol. The summed E-state index contributed by atoms with van der Waals surface area (Å²) in [6.07, 6.45) is 0. The lowest BCUT2D eigenvalue weighted by molar-refractivity contribution is 0.242. The number of aliphatic hydroxyl groups excluding tert-OH is 1. The number of rotatable bonds is 5. The Hall–Kier alpha value is -1.58. The molecule has 1 aromatic carbocycles. The molecule has 1 aromatic heterocycles. The molecular formula is C14H17NO2. The highest BCUT2D eigenvalue weighted by atomic mass is 16.4. The SMILES string of the molecule is C[C@H](NCc1ccc(CO)o1)c1ccccc1. The van der Waals surface area contributed by atoms with E-state index in [4.69, 9.17) is 9.52 Å². The molecule has 3 nitrogen and oxygen atoms in total. The molecule has 1 heterocycles. The van der Waals surface area contributed by atoms with Crippen LogP contribution in [0.4, 0.5) is 0 Å². The average Bonchev–Trinajstić information content (AvgIpc) is 2.85. The molecule has 1 atom stereocenters. The van der Waals surface area contributed by atoms with Crippen molar-refractivity contribution in [3.05, 3.63) is 59.5 Å². The molecule has 0 saturated carbocycles. The molecule has 0 radical (unpaired) electrons. The largest absolute Gasteiger partial charge is 0.462 e. The lowest BCUT2D eigenvalue weighted by Gasteiger charge is -2.12. The van der Waals surface area contributed by atoms with Gasteiger partial charge >= 0.3 is 0 Å². The minimum absolute atomic E-state index is 0.0474. The smallest absolute Gasteiger partial charge is 0.129 e. The van der Waals surface area contributed by atoms with Crippen molar-refractivity contribution in [1.29, 1.82) is 0 Å². The molecule has 0 aliphatic rings. The van der Waals surface area contributed by atoms with E-state index >= 15 is 0 Å². The number of aliphatic hydroxyl groups is 1. The Bertz CT molecular complexity index is 450. The molecule has 2 N–H and O–H groups in total. The second kappa shape index (κ2) is 5.66. The Balaban J connectivity index is 1.90. The fourth-order valence-corrected chi connectivity index (χ4v) is 1.72. The van der Waals surface area contributed by atoms with Crippen molar-refractivity contribution in [2.45, 2.75) is 26.1 Å². The zero-order valence-electron chi connectivity index (χ0n) is 9.89. The van der Waals surface area contributed by atoms with Gasteiger partial charge in [0.25, 0.3) is 0 Å². The maximum absolute atomic E-state index is 8.89. The van der Waals surface area contributed by atoms with Crippen molar-refractivity contribution < 1.29 is 9.52 Å². The highest BCUT2D eigenvalue weighted by molar-refractivity contribution is 5.18. The van der Waals surface area contributed by atoms with Gasteiger partial charge in [-0.3, -0.25) is 0 Å². The summed E-state index contributed by atoms with van der Waals surface area (Å²) in [6, 6.07) is 14.2. The fourth-order valence-electron chi connectivity index (χ4n) is 1.72. The van der Waals surface area contributed by atoms with Crippen LogP contribution in [0.15, 0.2) is 46.9 Å². The van der Waals surface area contributed by atoms with Gasteiger partial charge in [-0.15, -0.1) is 0 Å². The summed E-state index contributed by atoms with van der Waals surface area (Å²) < 4.78 is 5.41. The van der Waals surface area contributed by atoms with Crippen LogP contribution in [-0.4, -0.2) is 5.11 Å². The van der Waals surface area contributed by atoms with Crippen LogP contribution in [0.5, 0.6) is 0 Å². The lowest BCUT2D eigenvalue weighted by Crippen LogP contribution is -2.17. The maximum atomic E-state index is 8.89. The van der Waals surface area contributed by atoms with Crippen LogP contribution in [0.3, 0.4) is 0 Å². The summed E-state index contributed by atoms with van der Waals surface area (Å²) in [6.45, 7) is 2.73. The Kier molecular flexibility index (Phi) is 3.96. The first kappa shape index (κ1) is 11.9. The third kappa shape index (κ3) is 3.19. The predicted octanol–water partition coefficient (Wildman–Crippen LogP) is 2.62. The molecule has 0 aliphatic heterocycles. The first-order chi connectivity index (χ1) is 8.29.